The van der Waals surface area contributed by atoms with Gasteiger partial charge in [-0.15, -0.1) is 11.8 Å². The van der Waals surface area contributed by atoms with Crippen LogP contribution < -0.4 is 15.4 Å². The second kappa shape index (κ2) is 12.0. The fraction of sp³-hybridized carbons (Fsp3) is 0.318. The first-order valence-corrected chi connectivity index (χ1v) is 10.7. The minimum atomic E-state index is -1.82. The van der Waals surface area contributed by atoms with Crippen LogP contribution in [0.25, 0.3) is 0 Å². The van der Waals surface area contributed by atoms with Crippen LogP contribution in [-0.2, 0) is 14.4 Å². The number of carbonyl (C=O) groups excluding carboxylic acids is 1. The van der Waals surface area contributed by atoms with E-state index in [9.17, 15) is 4.79 Å². The van der Waals surface area contributed by atoms with E-state index >= 15 is 0 Å². The molecule has 1 aliphatic heterocycles. The lowest BCUT2D eigenvalue weighted by Gasteiger charge is -2.28. The van der Waals surface area contributed by atoms with Crippen molar-refractivity contribution in [2.24, 2.45) is 0 Å². The zero-order valence-electron chi connectivity index (χ0n) is 17.3. The Morgan fingerprint density at radius 1 is 1.13 bits per heavy atom. The number of fused-ring (bicyclic) bond motifs is 1. The zero-order chi connectivity index (χ0) is 22.8. The lowest BCUT2D eigenvalue weighted by molar-refractivity contribution is -0.159. The number of ether oxygens (including phenoxy) is 1. The van der Waals surface area contributed by atoms with Gasteiger partial charge in [0.2, 0.25) is 5.91 Å². The van der Waals surface area contributed by atoms with Gasteiger partial charge in [-0.05, 0) is 42.9 Å². The molecule has 0 fully saturated rings. The number of carboxylic acid groups (broad SMARTS) is 2. The van der Waals surface area contributed by atoms with Crippen molar-refractivity contribution in [3.05, 3.63) is 54.1 Å². The van der Waals surface area contributed by atoms with Crippen molar-refractivity contribution in [2.75, 3.05) is 18.2 Å². The molecule has 1 heterocycles. The molecule has 2 aromatic rings. The van der Waals surface area contributed by atoms with Crippen LogP contribution in [0.3, 0.4) is 0 Å². The van der Waals surface area contributed by atoms with E-state index in [1.165, 1.54) is 10.5 Å². The number of amides is 1. The molecular formula is C22H26N2O6S. The Morgan fingerprint density at radius 2 is 1.84 bits per heavy atom. The average molecular weight is 447 g/mol. The summed E-state index contributed by atoms with van der Waals surface area (Å²) in [4.78, 5) is 31.9. The third-order valence-electron chi connectivity index (χ3n) is 4.47. The Bertz CT molecular complexity index is 908. The number of rotatable bonds is 6. The van der Waals surface area contributed by atoms with Crippen molar-refractivity contribution in [1.82, 2.24) is 5.32 Å². The lowest BCUT2D eigenvalue weighted by Crippen LogP contribution is -2.35. The number of carbonyl (C=O) groups is 3. The van der Waals surface area contributed by atoms with Crippen molar-refractivity contribution < 1.29 is 29.3 Å². The van der Waals surface area contributed by atoms with E-state index in [1.54, 1.807) is 7.11 Å². The molecule has 0 radical (unpaired) electrons. The van der Waals surface area contributed by atoms with Crippen LogP contribution in [0.2, 0.25) is 0 Å². The fourth-order valence-corrected chi connectivity index (χ4v) is 4.23. The van der Waals surface area contributed by atoms with Gasteiger partial charge in [0.15, 0.2) is 0 Å². The first-order valence-electron chi connectivity index (χ1n) is 9.68. The molecule has 8 nitrogen and oxygen atoms in total. The van der Waals surface area contributed by atoms with Gasteiger partial charge in [-0.2, -0.15) is 0 Å². The Labute approximate surface area is 185 Å². The minimum absolute atomic E-state index is 0.00622. The molecule has 0 spiro atoms. The molecule has 4 N–H and O–H groups in total. The third-order valence-corrected chi connectivity index (χ3v) is 5.59. The standard InChI is InChI=1S/C20H24N2O2S.C2H2O4/c1-14(12-20(23)22-15-6-5-7-16(13-15)24-2)21-18-10-11-25-19-9-4-3-8-17(18)19;3-1(4)2(5)6/h3-9,13-14,18,21H,10-12H2,1-2H3,(H,22,23);(H,3,4)(H,5,6). The van der Waals surface area contributed by atoms with Gasteiger partial charge in [0.05, 0.1) is 7.11 Å². The van der Waals surface area contributed by atoms with Gasteiger partial charge in [-0.25, -0.2) is 9.59 Å². The fourth-order valence-electron chi connectivity index (χ4n) is 3.11. The summed E-state index contributed by atoms with van der Waals surface area (Å²) >= 11 is 1.91. The summed E-state index contributed by atoms with van der Waals surface area (Å²) in [5, 5.41) is 21.3. The molecule has 2 atom stereocenters. The molecule has 0 aromatic heterocycles. The van der Waals surface area contributed by atoms with Crippen molar-refractivity contribution in [2.45, 2.75) is 36.7 Å². The van der Waals surface area contributed by atoms with Gasteiger partial charge in [-0.3, -0.25) is 4.79 Å². The molecule has 2 aromatic carbocycles. The third kappa shape index (κ3) is 7.95. The predicted molar refractivity (Wildman–Crippen MR) is 119 cm³/mol. The highest BCUT2D eigenvalue weighted by molar-refractivity contribution is 7.99. The Balaban J connectivity index is 0.000000501. The van der Waals surface area contributed by atoms with Crippen LogP contribution in [0.15, 0.2) is 53.4 Å². The molecule has 166 valence electrons. The lowest BCUT2D eigenvalue weighted by atomic mass is 10.0. The highest BCUT2D eigenvalue weighted by atomic mass is 32.2. The molecule has 31 heavy (non-hydrogen) atoms. The van der Waals surface area contributed by atoms with Crippen molar-refractivity contribution >= 4 is 35.3 Å². The number of hydrogen-bond donors (Lipinski definition) is 4. The van der Waals surface area contributed by atoms with E-state index in [0.717, 1.165) is 23.6 Å². The molecule has 0 aliphatic carbocycles. The van der Waals surface area contributed by atoms with Gasteiger partial charge in [0.1, 0.15) is 5.75 Å². The highest BCUT2D eigenvalue weighted by Crippen LogP contribution is 2.36. The van der Waals surface area contributed by atoms with Crippen LogP contribution in [0.5, 0.6) is 5.75 Å². The van der Waals surface area contributed by atoms with Crippen LogP contribution >= 0.6 is 11.8 Å². The summed E-state index contributed by atoms with van der Waals surface area (Å²) in [7, 11) is 1.62. The van der Waals surface area contributed by atoms with E-state index in [-0.39, 0.29) is 11.9 Å². The zero-order valence-corrected chi connectivity index (χ0v) is 18.1. The van der Waals surface area contributed by atoms with Gasteiger partial charge < -0.3 is 25.6 Å². The molecule has 0 saturated carbocycles. The van der Waals surface area contributed by atoms with Crippen LogP contribution in [0.1, 0.15) is 31.4 Å². The van der Waals surface area contributed by atoms with Crippen LogP contribution in [0, 0.1) is 0 Å². The maximum Gasteiger partial charge on any atom is 0.414 e. The number of carboxylic acids is 2. The molecule has 3 rings (SSSR count). The quantitative estimate of drug-likeness (QED) is 0.498. The largest absolute Gasteiger partial charge is 0.497 e. The molecule has 9 heteroatoms. The van der Waals surface area contributed by atoms with Crippen molar-refractivity contribution in [1.29, 1.82) is 0 Å². The normalized spacial score (nSPS) is 15.5. The summed E-state index contributed by atoms with van der Waals surface area (Å²) in [5.41, 5.74) is 2.11. The topological polar surface area (TPSA) is 125 Å². The Morgan fingerprint density at radius 3 is 2.52 bits per heavy atom. The smallest absolute Gasteiger partial charge is 0.414 e. The number of benzene rings is 2. The van der Waals surface area contributed by atoms with Crippen LogP contribution in [-0.4, -0.2) is 47.0 Å². The first kappa shape index (κ1) is 24.2. The summed E-state index contributed by atoms with van der Waals surface area (Å²) in [6.45, 7) is 2.06. The summed E-state index contributed by atoms with van der Waals surface area (Å²) in [6, 6.07) is 16.4. The average Bonchev–Trinajstić information content (AvgIpc) is 2.74. The first-order chi connectivity index (χ1) is 14.8. The predicted octanol–water partition coefficient (Wildman–Crippen LogP) is 3.39. The van der Waals surface area contributed by atoms with Gasteiger partial charge in [-0.1, -0.05) is 24.3 Å². The molecule has 1 amide bonds. The highest BCUT2D eigenvalue weighted by Gasteiger charge is 2.22. The maximum atomic E-state index is 12.3. The Kier molecular flexibility index (Phi) is 9.36. The van der Waals surface area contributed by atoms with Crippen molar-refractivity contribution in [3.8, 4) is 5.75 Å². The number of hydrogen-bond acceptors (Lipinski definition) is 6. The second-order valence-corrected chi connectivity index (χ2v) is 8.03. The molecule has 0 bridgehead atoms. The van der Waals surface area contributed by atoms with E-state index in [4.69, 9.17) is 24.5 Å². The van der Waals surface area contributed by atoms with Gasteiger partial charge >= 0.3 is 11.9 Å². The van der Waals surface area contributed by atoms with Crippen LogP contribution in [0.4, 0.5) is 5.69 Å². The van der Waals surface area contributed by atoms with Crippen molar-refractivity contribution in [3.63, 3.8) is 0 Å². The van der Waals surface area contributed by atoms with E-state index in [2.05, 4.69) is 41.8 Å². The van der Waals surface area contributed by atoms with Gasteiger partial charge in [0.25, 0.3) is 0 Å². The Hall–Kier alpha value is -3.04. The summed E-state index contributed by atoms with van der Waals surface area (Å²) in [6.07, 6.45) is 1.52. The monoisotopic (exact) mass is 446 g/mol. The van der Waals surface area contributed by atoms with E-state index in [1.807, 2.05) is 36.0 Å². The van der Waals surface area contributed by atoms with E-state index in [0.29, 0.717) is 12.5 Å². The second-order valence-electron chi connectivity index (χ2n) is 6.89. The van der Waals surface area contributed by atoms with E-state index < -0.39 is 11.9 Å². The SMILES string of the molecule is COc1cccc(NC(=O)CC(C)NC2CCSc3ccccc32)c1.O=C(O)C(=O)O. The molecule has 2 unspecified atom stereocenters. The molecular weight excluding hydrogens is 420 g/mol. The number of anilines is 1. The molecule has 0 saturated heterocycles. The summed E-state index contributed by atoms with van der Waals surface area (Å²) in [5.74, 6) is -1.80. The number of aliphatic carboxylic acids is 2. The number of methoxy groups -OCH3 is 1. The number of nitrogens with one attached hydrogen (secondary N) is 2. The summed E-state index contributed by atoms with van der Waals surface area (Å²) < 4.78 is 5.19. The van der Waals surface area contributed by atoms with Gasteiger partial charge in [0, 0.05) is 35.2 Å². The molecule has 1 aliphatic rings. The number of thioether (sulfide) groups is 1. The minimum Gasteiger partial charge on any atom is -0.497 e. The maximum absolute atomic E-state index is 12.3.